The van der Waals surface area contributed by atoms with E-state index in [0.29, 0.717) is 12.1 Å². The molecule has 110 valence electrons. The van der Waals surface area contributed by atoms with E-state index in [1.165, 1.54) is 18.1 Å². The highest BCUT2D eigenvalue weighted by molar-refractivity contribution is 5.56. The maximum atomic E-state index is 11.7. The third kappa shape index (κ3) is 3.96. The van der Waals surface area contributed by atoms with E-state index < -0.39 is 16.4 Å². The van der Waals surface area contributed by atoms with E-state index in [4.69, 9.17) is 4.74 Å². The number of hydrogen-bond acceptors (Lipinski definition) is 4. The Kier molecular flexibility index (Phi) is 5.52. The van der Waals surface area contributed by atoms with Crippen LogP contribution >= 0.6 is 0 Å². The van der Waals surface area contributed by atoms with Crippen molar-refractivity contribution in [2.75, 3.05) is 20.2 Å². The number of hydrogen-bond donors (Lipinski definition) is 1. The van der Waals surface area contributed by atoms with Gasteiger partial charge in [-0.1, -0.05) is 6.58 Å². The average Bonchev–Trinajstić information content (AvgIpc) is 2.38. The molecule has 0 aliphatic rings. The van der Waals surface area contributed by atoms with Crippen LogP contribution in [0.2, 0.25) is 0 Å². The van der Waals surface area contributed by atoms with E-state index in [2.05, 4.69) is 6.58 Å². The predicted molar refractivity (Wildman–Crippen MR) is 74.0 cm³/mol. The first-order valence-electron chi connectivity index (χ1n) is 6.39. The van der Waals surface area contributed by atoms with Crippen LogP contribution in [0.3, 0.4) is 0 Å². The molecule has 0 aromatic heterocycles. The van der Waals surface area contributed by atoms with Crippen LogP contribution in [0.15, 0.2) is 24.3 Å². The van der Waals surface area contributed by atoms with Crippen molar-refractivity contribution >= 4 is 5.69 Å². The van der Waals surface area contributed by atoms with Crippen molar-refractivity contribution < 1.29 is 19.7 Å². The summed E-state index contributed by atoms with van der Waals surface area (Å²) in [6.45, 7) is 10.1. The average molecular weight is 280 g/mol. The Balaban J connectivity index is 3.08. The molecule has 0 radical (unpaired) electrons. The minimum atomic E-state index is -0.681. The number of rotatable bonds is 7. The van der Waals surface area contributed by atoms with Crippen LogP contribution in [0.5, 0.6) is 11.5 Å². The van der Waals surface area contributed by atoms with Gasteiger partial charge in [-0.3, -0.25) is 10.1 Å². The van der Waals surface area contributed by atoms with Crippen molar-refractivity contribution in [1.29, 1.82) is 0 Å². The van der Waals surface area contributed by atoms with Crippen molar-refractivity contribution in [3.05, 3.63) is 40.0 Å². The third-order valence-corrected chi connectivity index (χ3v) is 3.02. The van der Waals surface area contributed by atoms with Gasteiger partial charge in [0.15, 0.2) is 0 Å². The van der Waals surface area contributed by atoms with Gasteiger partial charge in [-0.2, -0.15) is 0 Å². The highest BCUT2D eigenvalue weighted by atomic mass is 16.6. The van der Waals surface area contributed by atoms with Crippen LogP contribution in [0.4, 0.5) is 5.69 Å². The largest absolute Gasteiger partial charge is 0.865 e. The number of nitro groups is 1. The minimum Gasteiger partial charge on any atom is -0.865 e. The highest BCUT2D eigenvalue weighted by Gasteiger charge is 2.16. The Morgan fingerprint density at radius 3 is 2.60 bits per heavy atom. The Labute approximate surface area is 118 Å². The smallest absolute Gasteiger partial charge is 0.265 e. The zero-order valence-corrected chi connectivity index (χ0v) is 12.1. The molecule has 0 aliphatic heterocycles. The molecule has 0 bridgehead atoms. The Morgan fingerprint density at radius 2 is 2.15 bits per heavy atom. The molecule has 1 unspecified atom stereocenters. The van der Waals surface area contributed by atoms with Gasteiger partial charge in [0.1, 0.15) is 12.3 Å². The van der Waals surface area contributed by atoms with Gasteiger partial charge in [-0.05, 0) is 25.5 Å². The van der Waals surface area contributed by atoms with Crippen LogP contribution in [0, 0.1) is 10.1 Å². The summed E-state index contributed by atoms with van der Waals surface area (Å²) in [4.78, 5) is 11.5. The molecular formula is C14H20N2O4. The number of nitrogens with zero attached hydrogens (tertiary/aromatic N) is 1. The zero-order valence-electron chi connectivity index (χ0n) is 12.1. The number of nitrogens with one attached hydrogen (secondary N) is 1. The summed E-state index contributed by atoms with van der Waals surface area (Å²) in [6, 6.07) is 2.91. The number of methoxy groups -OCH3 is 1. The lowest BCUT2D eigenvalue weighted by atomic mass is 10.1. The number of ether oxygens (including phenoxy) is 1. The van der Waals surface area contributed by atoms with Gasteiger partial charge in [-0.15, -0.1) is 0 Å². The lowest BCUT2D eigenvalue weighted by Gasteiger charge is -2.19. The van der Waals surface area contributed by atoms with Crippen molar-refractivity contribution in [3.63, 3.8) is 0 Å². The maximum Gasteiger partial charge on any atom is 0.265 e. The Bertz CT molecular complexity index is 514. The minimum absolute atomic E-state index is 0.0139. The summed E-state index contributed by atoms with van der Waals surface area (Å²) in [5.74, 6) is -0.667. The van der Waals surface area contributed by atoms with E-state index in [1.54, 1.807) is 6.07 Å². The van der Waals surface area contributed by atoms with Gasteiger partial charge in [0.2, 0.25) is 0 Å². The van der Waals surface area contributed by atoms with Crippen molar-refractivity contribution in [2.24, 2.45) is 0 Å². The second kappa shape index (κ2) is 6.91. The number of likely N-dealkylation sites (N-methyl/N-ethyl adjacent to an activating group) is 1. The topological polar surface area (TPSA) is 79.9 Å². The molecule has 0 heterocycles. The second-order valence-electron chi connectivity index (χ2n) is 4.82. The van der Waals surface area contributed by atoms with Crippen LogP contribution in [0.1, 0.15) is 19.4 Å². The molecule has 0 spiro atoms. The lowest BCUT2D eigenvalue weighted by molar-refractivity contribution is -0.907. The first kappa shape index (κ1) is 16.0. The lowest BCUT2D eigenvalue weighted by Crippen LogP contribution is -3.10. The zero-order chi connectivity index (χ0) is 15.3. The summed E-state index contributed by atoms with van der Waals surface area (Å²) in [6.07, 6.45) is 0. The molecule has 0 fully saturated rings. The normalized spacial score (nSPS) is 11.9. The molecule has 6 heteroatoms. The van der Waals surface area contributed by atoms with E-state index in [9.17, 15) is 15.2 Å². The Morgan fingerprint density at radius 1 is 1.50 bits per heavy atom. The molecule has 20 heavy (non-hydrogen) atoms. The summed E-state index contributed by atoms with van der Waals surface area (Å²) >= 11 is 0. The van der Waals surface area contributed by atoms with Crippen LogP contribution in [0.25, 0.3) is 0 Å². The van der Waals surface area contributed by atoms with Crippen molar-refractivity contribution in [3.8, 4) is 11.5 Å². The SMILES string of the molecule is C=C(C)C[NH+](CC)Cc1cc(OC)c([O-])c([N+](=O)[O-])c1. The molecule has 1 N–H and O–H groups in total. The Hall–Kier alpha value is -2.08. The van der Waals surface area contributed by atoms with E-state index >= 15 is 0 Å². The van der Waals surface area contributed by atoms with Crippen LogP contribution < -0.4 is 14.7 Å². The predicted octanol–water partition coefficient (Wildman–Crippen LogP) is 0.658. The first-order valence-corrected chi connectivity index (χ1v) is 6.39. The van der Waals surface area contributed by atoms with E-state index in [0.717, 1.165) is 18.7 Å². The van der Waals surface area contributed by atoms with E-state index in [1.807, 2.05) is 13.8 Å². The molecule has 1 aromatic carbocycles. The molecular weight excluding hydrogens is 260 g/mol. The number of quaternary nitrogens is 1. The fourth-order valence-electron chi connectivity index (χ4n) is 2.06. The summed E-state index contributed by atoms with van der Waals surface area (Å²) in [7, 11) is 1.34. The van der Waals surface area contributed by atoms with Gasteiger partial charge in [-0.25, -0.2) is 0 Å². The van der Waals surface area contributed by atoms with Crippen LogP contribution in [-0.4, -0.2) is 25.1 Å². The fourth-order valence-corrected chi connectivity index (χ4v) is 2.06. The summed E-state index contributed by atoms with van der Waals surface area (Å²) in [5, 5.41) is 22.6. The maximum absolute atomic E-state index is 11.7. The summed E-state index contributed by atoms with van der Waals surface area (Å²) in [5.41, 5.74) is 1.32. The monoisotopic (exact) mass is 280 g/mol. The first-order chi connectivity index (χ1) is 9.38. The summed E-state index contributed by atoms with van der Waals surface area (Å²) < 4.78 is 4.93. The fraction of sp³-hybridized carbons (Fsp3) is 0.429. The van der Waals surface area contributed by atoms with Gasteiger partial charge < -0.3 is 14.7 Å². The van der Waals surface area contributed by atoms with Crippen molar-refractivity contribution in [1.82, 2.24) is 0 Å². The van der Waals surface area contributed by atoms with Gasteiger partial charge in [0, 0.05) is 17.4 Å². The molecule has 0 amide bonds. The van der Waals surface area contributed by atoms with E-state index in [-0.39, 0.29) is 5.75 Å². The molecule has 0 aliphatic carbocycles. The molecule has 1 rings (SSSR count). The number of benzene rings is 1. The second-order valence-corrected chi connectivity index (χ2v) is 4.82. The van der Waals surface area contributed by atoms with Gasteiger partial charge >= 0.3 is 0 Å². The van der Waals surface area contributed by atoms with Crippen LogP contribution in [-0.2, 0) is 6.54 Å². The van der Waals surface area contributed by atoms with Crippen molar-refractivity contribution in [2.45, 2.75) is 20.4 Å². The third-order valence-electron chi connectivity index (χ3n) is 3.02. The quantitative estimate of drug-likeness (QED) is 0.452. The molecule has 0 saturated carbocycles. The molecule has 6 nitrogen and oxygen atoms in total. The number of nitro benzene ring substituents is 1. The molecule has 1 aromatic rings. The van der Waals surface area contributed by atoms with Gasteiger partial charge in [0.25, 0.3) is 5.69 Å². The molecule has 1 atom stereocenters. The highest BCUT2D eigenvalue weighted by Crippen LogP contribution is 2.34. The van der Waals surface area contributed by atoms with Gasteiger partial charge in [0.05, 0.1) is 25.1 Å². The standard InChI is InChI=1S/C14H20N2O4/c1-5-15(8-10(2)3)9-11-6-12(16(18)19)14(17)13(7-11)20-4/h6-7,17H,2,5,8-9H2,1,3-4H3. The molecule has 0 saturated heterocycles.